The van der Waals surface area contributed by atoms with Crippen molar-refractivity contribution < 1.29 is 14.4 Å². The molecule has 3 fully saturated rings. The number of pyridine rings is 1. The third-order valence-corrected chi connectivity index (χ3v) is 10.4. The van der Waals surface area contributed by atoms with Crippen LogP contribution >= 0.6 is 11.6 Å². The van der Waals surface area contributed by atoms with Crippen LogP contribution in [0.2, 0.25) is 5.02 Å². The monoisotopic (exact) mass is 722 g/mol. The molecule has 52 heavy (non-hydrogen) atoms. The first-order valence-corrected chi connectivity index (χ1v) is 18.2. The fourth-order valence-electron chi connectivity index (χ4n) is 7.20. The first-order valence-electron chi connectivity index (χ1n) is 17.8. The number of hydrogen-bond donors (Lipinski definition) is 4. The van der Waals surface area contributed by atoms with Crippen LogP contribution in [0.5, 0.6) is 0 Å². The Bertz CT molecular complexity index is 1910. The van der Waals surface area contributed by atoms with Gasteiger partial charge in [0.05, 0.1) is 35.2 Å². The van der Waals surface area contributed by atoms with Crippen molar-refractivity contribution in [2.75, 3.05) is 73.3 Å². The van der Waals surface area contributed by atoms with Crippen molar-refractivity contribution in [3.63, 3.8) is 0 Å². The molecule has 0 unspecified atom stereocenters. The predicted octanol–water partition coefficient (Wildman–Crippen LogP) is 4.93. The van der Waals surface area contributed by atoms with Gasteiger partial charge in [-0.1, -0.05) is 23.7 Å². The zero-order chi connectivity index (χ0) is 36.0. The van der Waals surface area contributed by atoms with Gasteiger partial charge in [-0.15, -0.1) is 0 Å². The van der Waals surface area contributed by atoms with Gasteiger partial charge in [-0.2, -0.15) is 4.98 Å². The smallest absolute Gasteiger partial charge is 0.253 e. The highest BCUT2D eigenvalue weighted by molar-refractivity contribution is 6.33. The molecular weight excluding hydrogens is 680 g/mol. The molecule has 0 aliphatic carbocycles. The molecule has 3 aliphatic rings. The highest BCUT2D eigenvalue weighted by Gasteiger charge is 2.29. The van der Waals surface area contributed by atoms with Crippen molar-refractivity contribution in [3.8, 4) is 0 Å². The second kappa shape index (κ2) is 16.0. The fourth-order valence-corrected chi connectivity index (χ4v) is 7.34. The Kier molecular flexibility index (Phi) is 10.8. The molecule has 3 saturated heterocycles. The van der Waals surface area contributed by atoms with Crippen LogP contribution in [0.25, 0.3) is 0 Å². The van der Waals surface area contributed by atoms with E-state index in [1.165, 1.54) is 11.9 Å². The number of hydrogen-bond acceptors (Lipinski definition) is 11. The second-order valence-electron chi connectivity index (χ2n) is 13.5. The molecule has 270 valence electrons. The first-order chi connectivity index (χ1) is 25.3. The quantitative estimate of drug-likeness (QED) is 0.165. The lowest BCUT2D eigenvalue weighted by Crippen LogP contribution is -2.49. The third kappa shape index (κ3) is 8.27. The van der Waals surface area contributed by atoms with E-state index >= 15 is 0 Å². The Labute approximate surface area is 308 Å². The SMILES string of the molecule is CNC(=O)c1ccccc1Nc1nc(Nc2ccc(N3CCN(CC4CCN(c5cncc([C@H]6CCC(=O)NC6=O)c5)CC4)CC3)cc2)ncc1Cl. The van der Waals surface area contributed by atoms with Gasteiger partial charge in [0.2, 0.25) is 17.8 Å². The summed E-state index contributed by atoms with van der Waals surface area (Å²) in [4.78, 5) is 57.0. The minimum Gasteiger partial charge on any atom is -0.370 e. The van der Waals surface area contributed by atoms with Crippen molar-refractivity contribution >= 4 is 63.8 Å². The molecule has 5 heterocycles. The summed E-state index contributed by atoms with van der Waals surface area (Å²) in [7, 11) is 1.59. The zero-order valence-electron chi connectivity index (χ0n) is 29.1. The van der Waals surface area contributed by atoms with E-state index in [0.717, 1.165) is 75.6 Å². The molecule has 3 aliphatic heterocycles. The van der Waals surface area contributed by atoms with E-state index in [9.17, 15) is 14.4 Å². The van der Waals surface area contributed by atoms with Crippen LogP contribution in [0, 0.1) is 5.92 Å². The van der Waals surface area contributed by atoms with Crippen molar-refractivity contribution in [3.05, 3.63) is 89.3 Å². The van der Waals surface area contributed by atoms with Gasteiger partial charge in [0.25, 0.3) is 5.91 Å². The average molecular weight is 723 g/mol. The maximum absolute atomic E-state index is 12.4. The summed E-state index contributed by atoms with van der Waals surface area (Å²) in [5.74, 6) is 0.478. The number of para-hydroxylation sites is 1. The normalized spacial score (nSPS) is 18.5. The largest absolute Gasteiger partial charge is 0.370 e. The number of carbonyl (C=O) groups is 3. The minimum atomic E-state index is -0.315. The summed E-state index contributed by atoms with van der Waals surface area (Å²) >= 11 is 6.40. The fraction of sp³-hybridized carbons (Fsp3) is 0.368. The number of halogens is 1. The molecule has 14 heteroatoms. The number of nitrogens with zero attached hydrogens (tertiary/aromatic N) is 6. The van der Waals surface area contributed by atoms with E-state index < -0.39 is 0 Å². The van der Waals surface area contributed by atoms with Crippen molar-refractivity contribution in [2.24, 2.45) is 5.92 Å². The Morgan fingerprint density at radius 2 is 1.63 bits per heavy atom. The molecule has 2 aromatic heterocycles. The molecule has 7 rings (SSSR count). The number of nitrogens with one attached hydrogen (secondary N) is 4. The summed E-state index contributed by atoms with van der Waals surface area (Å²) in [5, 5.41) is 11.9. The molecule has 3 amide bonds. The Balaban J connectivity index is 0.873. The van der Waals surface area contributed by atoms with Gasteiger partial charge in [-0.3, -0.25) is 29.6 Å². The molecular formula is C38H43ClN10O3. The zero-order valence-corrected chi connectivity index (χ0v) is 29.9. The summed E-state index contributed by atoms with van der Waals surface area (Å²) in [6.07, 6.45) is 8.31. The van der Waals surface area contributed by atoms with Gasteiger partial charge in [0, 0.05) is 76.9 Å². The van der Waals surface area contributed by atoms with Crippen LogP contribution in [0.1, 0.15) is 47.5 Å². The van der Waals surface area contributed by atoms with Crippen LogP contribution in [0.15, 0.2) is 73.2 Å². The molecule has 2 aromatic carbocycles. The van der Waals surface area contributed by atoms with Gasteiger partial charge >= 0.3 is 0 Å². The molecule has 0 radical (unpaired) electrons. The molecule has 13 nitrogen and oxygen atoms in total. The number of anilines is 6. The summed E-state index contributed by atoms with van der Waals surface area (Å²) < 4.78 is 0. The van der Waals surface area contributed by atoms with Crippen LogP contribution in [0.3, 0.4) is 0 Å². The molecule has 0 bridgehead atoms. The summed E-state index contributed by atoms with van der Waals surface area (Å²) in [6, 6.07) is 17.5. The van der Waals surface area contributed by atoms with E-state index in [4.69, 9.17) is 11.6 Å². The number of imide groups is 1. The van der Waals surface area contributed by atoms with Gasteiger partial charge in [-0.05, 0) is 73.2 Å². The maximum Gasteiger partial charge on any atom is 0.253 e. The van der Waals surface area contributed by atoms with Crippen LogP contribution in [0.4, 0.5) is 34.5 Å². The summed E-state index contributed by atoms with van der Waals surface area (Å²) in [6.45, 7) is 7.03. The number of piperazine rings is 1. The summed E-state index contributed by atoms with van der Waals surface area (Å²) in [5.41, 5.74) is 5.04. The number of benzene rings is 2. The van der Waals surface area contributed by atoms with E-state index in [-0.39, 0.29) is 23.6 Å². The van der Waals surface area contributed by atoms with Gasteiger partial charge < -0.3 is 25.8 Å². The Morgan fingerprint density at radius 3 is 2.38 bits per heavy atom. The Morgan fingerprint density at radius 1 is 0.885 bits per heavy atom. The predicted molar refractivity (Wildman–Crippen MR) is 203 cm³/mol. The van der Waals surface area contributed by atoms with E-state index in [2.05, 4.69) is 69.1 Å². The molecule has 4 N–H and O–H groups in total. The average Bonchev–Trinajstić information content (AvgIpc) is 3.17. The standard InChI is InChI=1S/C38H43ClN10O3/c1-40-36(51)31-4-2-3-5-33(31)44-35-32(39)23-42-38(46-35)43-27-6-8-28(9-7-27)49-18-16-47(17-19-49)24-25-12-14-48(15-13-25)29-20-26(21-41-22-29)30-10-11-34(50)45-37(30)52/h2-9,20-23,25,30H,10-19,24H2,1H3,(H,40,51)(H,45,50,52)(H2,42,43,44,46)/t30-/m1/s1. The molecule has 0 spiro atoms. The van der Waals surface area contributed by atoms with Crippen molar-refractivity contribution in [1.29, 1.82) is 0 Å². The van der Waals surface area contributed by atoms with Crippen molar-refractivity contribution in [1.82, 2.24) is 30.5 Å². The number of piperidine rings is 2. The first kappa shape index (κ1) is 35.1. The van der Waals surface area contributed by atoms with Crippen LogP contribution in [-0.2, 0) is 9.59 Å². The van der Waals surface area contributed by atoms with E-state index in [1.807, 2.05) is 24.4 Å². The lowest BCUT2D eigenvalue weighted by Gasteiger charge is -2.40. The number of rotatable bonds is 10. The third-order valence-electron chi connectivity index (χ3n) is 10.1. The van der Waals surface area contributed by atoms with Crippen molar-refractivity contribution in [2.45, 2.75) is 31.6 Å². The highest BCUT2D eigenvalue weighted by atomic mass is 35.5. The number of amides is 3. The lowest BCUT2D eigenvalue weighted by atomic mass is 9.91. The molecule has 0 saturated carbocycles. The van der Waals surface area contributed by atoms with E-state index in [0.29, 0.717) is 46.8 Å². The minimum absolute atomic E-state index is 0.198. The van der Waals surface area contributed by atoms with Crippen LogP contribution < -0.4 is 31.1 Å². The second-order valence-corrected chi connectivity index (χ2v) is 13.9. The van der Waals surface area contributed by atoms with Gasteiger partial charge in [-0.25, -0.2) is 4.98 Å². The number of aromatic nitrogens is 3. The van der Waals surface area contributed by atoms with Gasteiger partial charge in [0.15, 0.2) is 5.82 Å². The number of carbonyl (C=O) groups excluding carboxylic acids is 3. The highest BCUT2D eigenvalue weighted by Crippen LogP contribution is 2.31. The van der Waals surface area contributed by atoms with Crippen LogP contribution in [-0.4, -0.2) is 90.4 Å². The maximum atomic E-state index is 12.4. The molecule has 1 atom stereocenters. The lowest BCUT2D eigenvalue weighted by molar-refractivity contribution is -0.134. The van der Waals surface area contributed by atoms with Gasteiger partial charge in [0.1, 0.15) is 5.02 Å². The molecule has 4 aromatic rings. The Hall–Kier alpha value is -5.27. The van der Waals surface area contributed by atoms with E-state index in [1.54, 1.807) is 31.4 Å². The topological polar surface area (TPSA) is 148 Å².